The molecule has 0 unspecified atom stereocenters. The molecule has 0 aromatic heterocycles. The summed E-state index contributed by atoms with van der Waals surface area (Å²) in [5, 5.41) is 8.75. The molecule has 0 aliphatic carbocycles. The van der Waals surface area contributed by atoms with Crippen molar-refractivity contribution in [3.63, 3.8) is 0 Å². The van der Waals surface area contributed by atoms with Crippen LogP contribution in [0.3, 0.4) is 0 Å². The molecule has 0 spiro atoms. The van der Waals surface area contributed by atoms with Crippen molar-refractivity contribution in [2.45, 2.75) is 6.61 Å². The van der Waals surface area contributed by atoms with Gasteiger partial charge in [-0.15, -0.1) is 0 Å². The zero-order valence-electron chi connectivity index (χ0n) is 7.51. The van der Waals surface area contributed by atoms with E-state index >= 15 is 0 Å². The van der Waals surface area contributed by atoms with Crippen molar-refractivity contribution in [1.29, 1.82) is 0 Å². The number of aliphatic hydroxyl groups excluding tert-OH is 1. The summed E-state index contributed by atoms with van der Waals surface area (Å²) in [5.74, 6) is -1.82. The van der Waals surface area contributed by atoms with E-state index in [0.717, 1.165) is 6.07 Å². The van der Waals surface area contributed by atoms with Gasteiger partial charge in [-0.25, -0.2) is 8.78 Å². The number of hydrogen-bond acceptors (Lipinski definition) is 2. The molecule has 1 aromatic rings. The molecule has 0 radical (unpaired) electrons. The first kappa shape index (κ1) is 9.92. The summed E-state index contributed by atoms with van der Waals surface area (Å²) in [5.41, 5.74) is 0.506. The van der Waals surface area contributed by atoms with Crippen molar-refractivity contribution in [2.24, 2.45) is 0 Å². The molecule has 4 heteroatoms. The third kappa shape index (κ3) is 1.95. The Balaban J connectivity index is 3.25. The van der Waals surface area contributed by atoms with Gasteiger partial charge in [-0.3, -0.25) is 0 Å². The standard InChI is InChI=1S/C9H11F2NO/c1-12(2)8-4-6(5-13)3-7(10)9(8)11/h3-4,13H,5H2,1-2H3. The monoisotopic (exact) mass is 187 g/mol. The summed E-state index contributed by atoms with van der Waals surface area (Å²) < 4.78 is 25.9. The number of aliphatic hydroxyl groups is 1. The first-order valence-electron chi connectivity index (χ1n) is 3.82. The highest BCUT2D eigenvalue weighted by Crippen LogP contribution is 2.21. The Hall–Kier alpha value is -1.16. The second-order valence-corrected chi connectivity index (χ2v) is 2.96. The summed E-state index contributed by atoms with van der Waals surface area (Å²) >= 11 is 0. The average molecular weight is 187 g/mol. The SMILES string of the molecule is CN(C)c1cc(CO)cc(F)c1F. The maximum Gasteiger partial charge on any atom is 0.182 e. The number of rotatable bonds is 2. The summed E-state index contributed by atoms with van der Waals surface area (Å²) in [4.78, 5) is 1.46. The largest absolute Gasteiger partial charge is 0.392 e. The lowest BCUT2D eigenvalue weighted by Gasteiger charge is -2.14. The van der Waals surface area contributed by atoms with Crippen LogP contribution in [0.15, 0.2) is 12.1 Å². The fourth-order valence-corrected chi connectivity index (χ4v) is 1.05. The molecule has 0 fully saturated rings. The summed E-state index contributed by atoms with van der Waals surface area (Å²) in [6, 6.07) is 2.40. The van der Waals surface area contributed by atoms with Gasteiger partial charge < -0.3 is 10.0 Å². The zero-order valence-corrected chi connectivity index (χ0v) is 7.51. The second-order valence-electron chi connectivity index (χ2n) is 2.96. The van der Waals surface area contributed by atoms with Crippen molar-refractivity contribution < 1.29 is 13.9 Å². The van der Waals surface area contributed by atoms with Gasteiger partial charge in [0.05, 0.1) is 12.3 Å². The van der Waals surface area contributed by atoms with Gasteiger partial charge in [-0.05, 0) is 17.7 Å². The first-order valence-corrected chi connectivity index (χ1v) is 3.82. The lowest BCUT2D eigenvalue weighted by atomic mass is 10.2. The molecule has 0 bridgehead atoms. The average Bonchev–Trinajstić information content (AvgIpc) is 2.09. The van der Waals surface area contributed by atoms with Gasteiger partial charge in [0, 0.05) is 14.1 Å². The molecule has 1 N–H and O–H groups in total. The maximum atomic E-state index is 13.1. The molecule has 2 nitrogen and oxygen atoms in total. The highest BCUT2D eigenvalue weighted by atomic mass is 19.2. The van der Waals surface area contributed by atoms with Crippen molar-refractivity contribution in [3.05, 3.63) is 29.3 Å². The minimum absolute atomic E-state index is 0.143. The Labute approximate surface area is 75.4 Å². The Morgan fingerprint density at radius 3 is 2.38 bits per heavy atom. The molecule has 0 amide bonds. The molecule has 0 atom stereocenters. The summed E-state index contributed by atoms with van der Waals surface area (Å²) in [6.45, 7) is -0.294. The van der Waals surface area contributed by atoms with Crippen LogP contribution in [0.25, 0.3) is 0 Å². The van der Waals surface area contributed by atoms with Crippen LogP contribution >= 0.6 is 0 Å². The van der Waals surface area contributed by atoms with E-state index < -0.39 is 11.6 Å². The van der Waals surface area contributed by atoms with E-state index in [1.165, 1.54) is 11.0 Å². The van der Waals surface area contributed by atoms with Crippen molar-refractivity contribution in [1.82, 2.24) is 0 Å². The number of halogens is 2. The quantitative estimate of drug-likeness (QED) is 0.758. The highest BCUT2D eigenvalue weighted by molar-refractivity contribution is 5.49. The topological polar surface area (TPSA) is 23.5 Å². The van der Waals surface area contributed by atoms with E-state index in [1.54, 1.807) is 14.1 Å². The van der Waals surface area contributed by atoms with Crippen molar-refractivity contribution >= 4 is 5.69 Å². The van der Waals surface area contributed by atoms with Crippen LogP contribution in [-0.4, -0.2) is 19.2 Å². The van der Waals surface area contributed by atoms with E-state index in [2.05, 4.69) is 0 Å². The molecule has 0 heterocycles. The van der Waals surface area contributed by atoms with Crippen molar-refractivity contribution in [2.75, 3.05) is 19.0 Å². The van der Waals surface area contributed by atoms with Crippen LogP contribution in [0.5, 0.6) is 0 Å². The van der Waals surface area contributed by atoms with Gasteiger partial charge in [-0.1, -0.05) is 0 Å². The number of nitrogens with zero attached hydrogens (tertiary/aromatic N) is 1. The van der Waals surface area contributed by atoms with Gasteiger partial charge in [0.2, 0.25) is 0 Å². The maximum absolute atomic E-state index is 13.1. The smallest absolute Gasteiger partial charge is 0.182 e. The molecular weight excluding hydrogens is 176 g/mol. The minimum Gasteiger partial charge on any atom is -0.392 e. The Morgan fingerprint density at radius 2 is 1.92 bits per heavy atom. The lowest BCUT2D eigenvalue weighted by Crippen LogP contribution is -2.12. The van der Waals surface area contributed by atoms with Crippen LogP contribution in [0.1, 0.15) is 5.56 Å². The normalized spacial score (nSPS) is 10.2. The number of hydrogen-bond donors (Lipinski definition) is 1. The molecule has 0 aliphatic heterocycles. The first-order chi connectivity index (χ1) is 6.06. The fourth-order valence-electron chi connectivity index (χ4n) is 1.05. The second kappa shape index (κ2) is 3.70. The van der Waals surface area contributed by atoms with Crippen LogP contribution in [0, 0.1) is 11.6 Å². The Bertz CT molecular complexity index is 313. The molecule has 1 rings (SSSR count). The molecule has 1 aromatic carbocycles. The van der Waals surface area contributed by atoms with Crippen LogP contribution in [-0.2, 0) is 6.61 Å². The minimum atomic E-state index is -0.935. The Morgan fingerprint density at radius 1 is 1.31 bits per heavy atom. The third-order valence-corrected chi connectivity index (χ3v) is 1.73. The van der Waals surface area contributed by atoms with E-state index in [0.29, 0.717) is 5.56 Å². The van der Waals surface area contributed by atoms with E-state index in [1.807, 2.05) is 0 Å². The molecule has 0 saturated heterocycles. The van der Waals surface area contributed by atoms with Crippen LogP contribution in [0.2, 0.25) is 0 Å². The van der Waals surface area contributed by atoms with Gasteiger partial charge in [-0.2, -0.15) is 0 Å². The molecule has 0 saturated carbocycles. The van der Waals surface area contributed by atoms with Crippen LogP contribution in [0.4, 0.5) is 14.5 Å². The van der Waals surface area contributed by atoms with Gasteiger partial charge in [0.15, 0.2) is 11.6 Å². The molecular formula is C9H11F2NO. The predicted molar refractivity (Wildman–Crippen MR) is 46.6 cm³/mol. The van der Waals surface area contributed by atoms with E-state index in [-0.39, 0.29) is 12.3 Å². The molecule has 0 aliphatic rings. The third-order valence-electron chi connectivity index (χ3n) is 1.73. The summed E-state index contributed by atoms with van der Waals surface area (Å²) in [6.07, 6.45) is 0. The molecule has 72 valence electrons. The number of anilines is 1. The van der Waals surface area contributed by atoms with Crippen LogP contribution < -0.4 is 4.90 Å². The summed E-state index contributed by atoms with van der Waals surface area (Å²) in [7, 11) is 3.22. The number of benzene rings is 1. The van der Waals surface area contributed by atoms with Gasteiger partial charge >= 0.3 is 0 Å². The van der Waals surface area contributed by atoms with Crippen molar-refractivity contribution in [3.8, 4) is 0 Å². The molecule has 13 heavy (non-hydrogen) atoms. The Kier molecular flexibility index (Phi) is 2.83. The fraction of sp³-hybridized carbons (Fsp3) is 0.333. The lowest BCUT2D eigenvalue weighted by molar-refractivity contribution is 0.281. The van der Waals surface area contributed by atoms with Gasteiger partial charge in [0.25, 0.3) is 0 Å². The zero-order chi connectivity index (χ0) is 10.0. The predicted octanol–water partition coefficient (Wildman–Crippen LogP) is 1.52. The highest BCUT2D eigenvalue weighted by Gasteiger charge is 2.11. The van der Waals surface area contributed by atoms with Gasteiger partial charge in [0.1, 0.15) is 0 Å². The van der Waals surface area contributed by atoms with E-state index in [9.17, 15) is 8.78 Å². The van der Waals surface area contributed by atoms with E-state index in [4.69, 9.17) is 5.11 Å².